The third-order valence-electron chi connectivity index (χ3n) is 3.09. The molecule has 17 heavy (non-hydrogen) atoms. The van der Waals surface area contributed by atoms with Crippen molar-refractivity contribution in [1.82, 2.24) is 0 Å². The van der Waals surface area contributed by atoms with E-state index in [2.05, 4.69) is 72.2 Å². The average molecular weight is 289 g/mol. The van der Waals surface area contributed by atoms with Gasteiger partial charge >= 0.3 is 0 Å². The Bertz CT molecular complexity index is 515. The first-order chi connectivity index (χ1) is 8.24. The Morgan fingerprint density at radius 1 is 0.882 bits per heavy atom. The number of halogens is 1. The van der Waals surface area contributed by atoms with Crippen LogP contribution in [0.5, 0.6) is 0 Å². The molecule has 0 nitrogen and oxygen atoms in total. The van der Waals surface area contributed by atoms with Gasteiger partial charge in [-0.15, -0.1) is 0 Å². The number of rotatable bonds is 3. The van der Waals surface area contributed by atoms with Crippen molar-refractivity contribution in [2.24, 2.45) is 0 Å². The first kappa shape index (κ1) is 12.4. The minimum atomic E-state index is 1.08. The van der Waals surface area contributed by atoms with Crippen molar-refractivity contribution < 1.29 is 0 Å². The van der Waals surface area contributed by atoms with Crippen LogP contribution in [0.4, 0.5) is 0 Å². The SMILES string of the molecule is CCc1cccc(-c2cc(CC)ccc2Br)c1. The van der Waals surface area contributed by atoms with E-state index in [1.807, 2.05) is 0 Å². The molecular weight excluding hydrogens is 272 g/mol. The van der Waals surface area contributed by atoms with Crippen molar-refractivity contribution in [2.45, 2.75) is 26.7 Å². The fourth-order valence-electron chi connectivity index (χ4n) is 1.97. The predicted molar refractivity (Wildman–Crippen MR) is 78.3 cm³/mol. The summed E-state index contributed by atoms with van der Waals surface area (Å²) in [6.07, 6.45) is 2.16. The molecule has 0 saturated heterocycles. The molecule has 0 N–H and O–H groups in total. The normalized spacial score (nSPS) is 10.5. The lowest BCUT2D eigenvalue weighted by molar-refractivity contribution is 1.13. The van der Waals surface area contributed by atoms with Crippen molar-refractivity contribution in [3.05, 3.63) is 58.1 Å². The van der Waals surface area contributed by atoms with Crippen molar-refractivity contribution >= 4 is 15.9 Å². The Hall–Kier alpha value is -1.08. The minimum Gasteiger partial charge on any atom is -0.0614 e. The number of hydrogen-bond acceptors (Lipinski definition) is 0. The van der Waals surface area contributed by atoms with E-state index in [4.69, 9.17) is 0 Å². The largest absolute Gasteiger partial charge is 0.0614 e. The summed E-state index contributed by atoms with van der Waals surface area (Å²) in [6.45, 7) is 4.38. The van der Waals surface area contributed by atoms with E-state index < -0.39 is 0 Å². The predicted octanol–water partition coefficient (Wildman–Crippen LogP) is 5.24. The zero-order valence-corrected chi connectivity index (χ0v) is 11.9. The molecule has 0 fully saturated rings. The van der Waals surface area contributed by atoms with Gasteiger partial charge in [0, 0.05) is 4.47 Å². The summed E-state index contributed by atoms with van der Waals surface area (Å²) in [6, 6.07) is 15.4. The Kier molecular flexibility index (Phi) is 4.01. The second-order valence-electron chi connectivity index (χ2n) is 4.22. The Morgan fingerprint density at radius 3 is 2.29 bits per heavy atom. The Labute approximate surface area is 112 Å². The van der Waals surface area contributed by atoms with E-state index in [-0.39, 0.29) is 0 Å². The van der Waals surface area contributed by atoms with Crippen LogP contribution in [0.15, 0.2) is 46.9 Å². The van der Waals surface area contributed by atoms with Crippen LogP contribution in [0.2, 0.25) is 0 Å². The second-order valence-corrected chi connectivity index (χ2v) is 5.08. The van der Waals surface area contributed by atoms with Crippen LogP contribution in [0, 0.1) is 0 Å². The maximum absolute atomic E-state index is 3.64. The van der Waals surface area contributed by atoms with Crippen LogP contribution in [0.1, 0.15) is 25.0 Å². The standard InChI is InChI=1S/C16H17Br/c1-3-12-6-5-7-14(10-12)15-11-13(4-2)8-9-16(15)17/h5-11H,3-4H2,1-2H3. The van der Waals surface area contributed by atoms with Crippen LogP contribution in [0.3, 0.4) is 0 Å². The fraction of sp³-hybridized carbons (Fsp3) is 0.250. The van der Waals surface area contributed by atoms with E-state index in [1.165, 1.54) is 26.7 Å². The van der Waals surface area contributed by atoms with Crippen LogP contribution < -0.4 is 0 Å². The first-order valence-corrected chi connectivity index (χ1v) is 6.91. The molecule has 0 aliphatic heterocycles. The Balaban J connectivity index is 2.50. The van der Waals surface area contributed by atoms with Gasteiger partial charge in [0.15, 0.2) is 0 Å². The van der Waals surface area contributed by atoms with Gasteiger partial charge in [-0.25, -0.2) is 0 Å². The number of hydrogen-bond donors (Lipinski definition) is 0. The fourth-order valence-corrected chi connectivity index (χ4v) is 2.45. The molecule has 0 heterocycles. The quantitative estimate of drug-likeness (QED) is 0.724. The highest BCUT2D eigenvalue weighted by Gasteiger charge is 2.04. The minimum absolute atomic E-state index is 1.08. The van der Waals surface area contributed by atoms with Gasteiger partial charge in [-0.2, -0.15) is 0 Å². The number of aryl methyl sites for hydroxylation is 2. The zero-order valence-electron chi connectivity index (χ0n) is 10.3. The van der Waals surface area contributed by atoms with Crippen LogP contribution >= 0.6 is 15.9 Å². The van der Waals surface area contributed by atoms with Crippen LogP contribution in [0.25, 0.3) is 11.1 Å². The molecule has 0 radical (unpaired) electrons. The first-order valence-electron chi connectivity index (χ1n) is 6.12. The monoisotopic (exact) mass is 288 g/mol. The summed E-state index contributed by atoms with van der Waals surface area (Å²) < 4.78 is 1.17. The summed E-state index contributed by atoms with van der Waals surface area (Å²) in [5.74, 6) is 0. The van der Waals surface area contributed by atoms with E-state index in [1.54, 1.807) is 0 Å². The zero-order chi connectivity index (χ0) is 12.3. The summed E-state index contributed by atoms with van der Waals surface area (Å²) in [7, 11) is 0. The van der Waals surface area contributed by atoms with Gasteiger partial charge in [0.1, 0.15) is 0 Å². The van der Waals surface area contributed by atoms with Crippen LogP contribution in [-0.4, -0.2) is 0 Å². The molecule has 0 aromatic heterocycles. The lowest BCUT2D eigenvalue weighted by atomic mass is 10.00. The molecule has 0 unspecified atom stereocenters. The molecule has 1 heteroatoms. The average Bonchev–Trinajstić information content (AvgIpc) is 2.39. The molecule has 2 aromatic carbocycles. The van der Waals surface area contributed by atoms with Gasteiger partial charge in [0.25, 0.3) is 0 Å². The van der Waals surface area contributed by atoms with Gasteiger partial charge in [-0.1, -0.05) is 66.2 Å². The van der Waals surface area contributed by atoms with Gasteiger partial charge in [0.05, 0.1) is 0 Å². The maximum Gasteiger partial charge on any atom is 0.0253 e. The van der Waals surface area contributed by atoms with E-state index in [9.17, 15) is 0 Å². The molecule has 0 aliphatic carbocycles. The van der Waals surface area contributed by atoms with Crippen LogP contribution in [-0.2, 0) is 12.8 Å². The van der Waals surface area contributed by atoms with Crippen molar-refractivity contribution in [2.75, 3.05) is 0 Å². The van der Waals surface area contributed by atoms with Gasteiger partial charge in [0.2, 0.25) is 0 Å². The third kappa shape index (κ3) is 2.78. The van der Waals surface area contributed by atoms with E-state index in [0.29, 0.717) is 0 Å². The molecule has 0 amide bonds. The molecule has 0 spiro atoms. The molecular formula is C16H17Br. The lowest BCUT2D eigenvalue weighted by Gasteiger charge is -2.08. The molecule has 0 atom stereocenters. The third-order valence-corrected chi connectivity index (χ3v) is 3.78. The smallest absolute Gasteiger partial charge is 0.0253 e. The van der Waals surface area contributed by atoms with Gasteiger partial charge in [-0.05, 0) is 41.2 Å². The van der Waals surface area contributed by atoms with E-state index in [0.717, 1.165) is 12.8 Å². The Morgan fingerprint density at radius 2 is 1.59 bits per heavy atom. The molecule has 0 saturated carbocycles. The molecule has 88 valence electrons. The maximum atomic E-state index is 3.64. The highest BCUT2D eigenvalue weighted by Crippen LogP contribution is 2.30. The topological polar surface area (TPSA) is 0 Å². The van der Waals surface area contributed by atoms with Gasteiger partial charge < -0.3 is 0 Å². The van der Waals surface area contributed by atoms with Gasteiger partial charge in [-0.3, -0.25) is 0 Å². The molecule has 2 aromatic rings. The summed E-state index contributed by atoms with van der Waals surface area (Å²) in [5.41, 5.74) is 5.35. The highest BCUT2D eigenvalue weighted by atomic mass is 79.9. The van der Waals surface area contributed by atoms with Crippen molar-refractivity contribution in [3.8, 4) is 11.1 Å². The summed E-state index contributed by atoms with van der Waals surface area (Å²) in [5, 5.41) is 0. The highest BCUT2D eigenvalue weighted by molar-refractivity contribution is 9.10. The van der Waals surface area contributed by atoms with Crippen molar-refractivity contribution in [1.29, 1.82) is 0 Å². The molecule has 2 rings (SSSR count). The summed E-state index contributed by atoms with van der Waals surface area (Å²) in [4.78, 5) is 0. The number of benzene rings is 2. The van der Waals surface area contributed by atoms with Crippen molar-refractivity contribution in [3.63, 3.8) is 0 Å². The second kappa shape index (κ2) is 5.50. The summed E-state index contributed by atoms with van der Waals surface area (Å²) >= 11 is 3.64. The molecule has 0 bridgehead atoms. The van der Waals surface area contributed by atoms with E-state index >= 15 is 0 Å². The molecule has 0 aliphatic rings. The lowest BCUT2D eigenvalue weighted by Crippen LogP contribution is -1.87.